The number of amides is 1. The molecule has 0 aliphatic carbocycles. The zero-order chi connectivity index (χ0) is 24.6. The lowest BCUT2D eigenvalue weighted by Gasteiger charge is -2.36. The Kier molecular flexibility index (Phi) is 6.46. The minimum Gasteiger partial charge on any atom is -0.366 e. The van der Waals surface area contributed by atoms with Crippen molar-refractivity contribution in [3.05, 3.63) is 70.3 Å². The van der Waals surface area contributed by atoms with Crippen molar-refractivity contribution < 1.29 is 17.6 Å². The van der Waals surface area contributed by atoms with Crippen LogP contribution in [-0.4, -0.2) is 68.4 Å². The molecule has 1 amide bonds. The van der Waals surface area contributed by atoms with Crippen LogP contribution in [0.25, 0.3) is 10.9 Å². The topological polar surface area (TPSA) is 82.9 Å². The largest absolute Gasteiger partial charge is 0.366 e. The first-order chi connectivity index (χ1) is 16.1. The highest BCUT2D eigenvalue weighted by Gasteiger charge is 2.27. The van der Waals surface area contributed by atoms with Crippen LogP contribution < -0.4 is 10.3 Å². The van der Waals surface area contributed by atoms with Gasteiger partial charge in [-0.25, -0.2) is 17.1 Å². The van der Waals surface area contributed by atoms with E-state index in [2.05, 4.69) is 0 Å². The number of anilines is 1. The highest BCUT2D eigenvalue weighted by Crippen LogP contribution is 2.22. The summed E-state index contributed by atoms with van der Waals surface area (Å²) in [7, 11) is -0.898. The molecule has 10 heteroatoms. The smallest absolute Gasteiger partial charge is 0.259 e. The van der Waals surface area contributed by atoms with E-state index in [-0.39, 0.29) is 21.7 Å². The first kappa shape index (κ1) is 23.9. The van der Waals surface area contributed by atoms with Gasteiger partial charge in [0, 0.05) is 58.4 Å². The Morgan fingerprint density at radius 2 is 1.74 bits per heavy atom. The monoisotopic (exact) mass is 486 g/mol. The van der Waals surface area contributed by atoms with Crippen molar-refractivity contribution in [3.8, 4) is 0 Å². The highest BCUT2D eigenvalue weighted by molar-refractivity contribution is 7.89. The molecule has 0 saturated carbocycles. The number of nitrogens with zero attached hydrogens (tertiary/aromatic N) is 4. The second-order valence-corrected chi connectivity index (χ2v) is 10.5. The van der Waals surface area contributed by atoms with Crippen LogP contribution in [0.5, 0.6) is 0 Å². The number of para-hydroxylation sites is 1. The van der Waals surface area contributed by atoms with E-state index in [1.807, 2.05) is 11.8 Å². The molecule has 34 heavy (non-hydrogen) atoms. The standard InChI is InChI=1S/C24H27FN4O4S/c1-4-27-16-19(23(30)18-15-17(9-10-21(18)27)34(32,33)26(2)3)24(31)29-13-11-28(12-14-29)22-8-6-5-7-20(22)25/h5-10,15-16H,4,11-14H2,1-3H3. The van der Waals surface area contributed by atoms with Gasteiger partial charge in [-0.15, -0.1) is 0 Å². The number of hydrogen-bond donors (Lipinski definition) is 0. The van der Waals surface area contributed by atoms with Gasteiger partial charge in [0.15, 0.2) is 0 Å². The number of pyridine rings is 1. The minimum absolute atomic E-state index is 0.00640. The summed E-state index contributed by atoms with van der Waals surface area (Å²) in [5.41, 5.74) is 0.541. The summed E-state index contributed by atoms with van der Waals surface area (Å²) in [6.45, 7) is 3.94. The fourth-order valence-corrected chi connectivity index (χ4v) is 5.12. The van der Waals surface area contributed by atoms with Crippen molar-refractivity contribution in [3.63, 3.8) is 0 Å². The number of halogens is 1. The van der Waals surface area contributed by atoms with Crippen molar-refractivity contribution in [2.24, 2.45) is 0 Å². The number of benzene rings is 2. The lowest BCUT2D eigenvalue weighted by molar-refractivity contribution is 0.0744. The molecule has 1 saturated heterocycles. The molecule has 1 fully saturated rings. The third-order valence-corrected chi connectivity index (χ3v) is 7.97. The molecule has 0 atom stereocenters. The molecule has 0 unspecified atom stereocenters. The first-order valence-corrected chi connectivity index (χ1v) is 12.5. The van der Waals surface area contributed by atoms with E-state index in [9.17, 15) is 22.4 Å². The van der Waals surface area contributed by atoms with Crippen LogP contribution in [0.15, 0.2) is 58.4 Å². The van der Waals surface area contributed by atoms with Gasteiger partial charge in [0.25, 0.3) is 5.91 Å². The number of sulfonamides is 1. The zero-order valence-electron chi connectivity index (χ0n) is 19.4. The van der Waals surface area contributed by atoms with E-state index in [0.29, 0.717) is 43.9 Å². The van der Waals surface area contributed by atoms with Gasteiger partial charge < -0.3 is 14.4 Å². The molecule has 0 N–H and O–H groups in total. The van der Waals surface area contributed by atoms with Crippen LogP contribution >= 0.6 is 0 Å². The Hall–Kier alpha value is -3.24. The van der Waals surface area contributed by atoms with Crippen LogP contribution in [0.3, 0.4) is 0 Å². The van der Waals surface area contributed by atoms with Gasteiger partial charge in [0.05, 0.1) is 16.1 Å². The predicted octanol–water partition coefficient (Wildman–Crippen LogP) is 2.37. The van der Waals surface area contributed by atoms with Crippen LogP contribution in [0.1, 0.15) is 17.3 Å². The van der Waals surface area contributed by atoms with Gasteiger partial charge in [-0.05, 0) is 37.3 Å². The molecule has 2 heterocycles. The molecule has 1 aliphatic rings. The highest BCUT2D eigenvalue weighted by atomic mass is 32.2. The summed E-state index contributed by atoms with van der Waals surface area (Å²) in [5, 5.41) is 0.181. The fourth-order valence-electron chi connectivity index (χ4n) is 4.19. The second-order valence-electron chi connectivity index (χ2n) is 8.35. The molecule has 0 spiro atoms. The maximum atomic E-state index is 14.1. The number of aromatic nitrogens is 1. The molecule has 180 valence electrons. The third-order valence-electron chi connectivity index (χ3n) is 6.16. The molecular weight excluding hydrogens is 459 g/mol. The molecule has 8 nitrogen and oxygen atoms in total. The molecule has 1 aromatic heterocycles. The van der Waals surface area contributed by atoms with Crippen LogP contribution in [0.4, 0.5) is 10.1 Å². The number of carbonyl (C=O) groups is 1. The molecular formula is C24H27FN4O4S. The van der Waals surface area contributed by atoms with Gasteiger partial charge in [-0.2, -0.15) is 0 Å². The van der Waals surface area contributed by atoms with Gasteiger partial charge >= 0.3 is 0 Å². The van der Waals surface area contributed by atoms with E-state index < -0.39 is 21.4 Å². The number of aryl methyl sites for hydroxylation is 1. The fraction of sp³-hybridized carbons (Fsp3) is 0.333. The minimum atomic E-state index is -3.74. The number of hydrogen-bond acceptors (Lipinski definition) is 5. The summed E-state index contributed by atoms with van der Waals surface area (Å²) in [6.07, 6.45) is 1.54. The normalized spacial score (nSPS) is 14.7. The zero-order valence-corrected chi connectivity index (χ0v) is 20.2. The van der Waals surface area contributed by atoms with Gasteiger partial charge in [0.2, 0.25) is 15.5 Å². The summed E-state index contributed by atoms with van der Waals surface area (Å²) in [5.74, 6) is -0.728. The Balaban J connectivity index is 1.67. The van der Waals surface area contributed by atoms with E-state index in [0.717, 1.165) is 4.31 Å². The van der Waals surface area contributed by atoms with Gasteiger partial charge in [-0.1, -0.05) is 12.1 Å². The number of rotatable bonds is 5. The maximum Gasteiger partial charge on any atom is 0.259 e. The van der Waals surface area contributed by atoms with Gasteiger partial charge in [-0.3, -0.25) is 9.59 Å². The summed E-state index contributed by atoms with van der Waals surface area (Å²) in [6, 6.07) is 10.9. The molecule has 0 radical (unpaired) electrons. The lowest BCUT2D eigenvalue weighted by Crippen LogP contribution is -2.49. The van der Waals surface area contributed by atoms with E-state index in [1.54, 1.807) is 33.7 Å². The average Bonchev–Trinajstić information content (AvgIpc) is 2.84. The first-order valence-electron chi connectivity index (χ1n) is 11.0. The van der Waals surface area contributed by atoms with Crippen LogP contribution in [0.2, 0.25) is 0 Å². The van der Waals surface area contributed by atoms with E-state index in [1.165, 1.54) is 38.5 Å². The van der Waals surface area contributed by atoms with Gasteiger partial charge in [0.1, 0.15) is 11.4 Å². The van der Waals surface area contributed by atoms with E-state index in [4.69, 9.17) is 0 Å². The number of carbonyl (C=O) groups excluding carboxylic acids is 1. The molecule has 4 rings (SSSR count). The van der Waals surface area contributed by atoms with Crippen molar-refractivity contribution in [2.45, 2.75) is 18.4 Å². The third kappa shape index (κ3) is 4.19. The molecule has 3 aromatic rings. The summed E-state index contributed by atoms with van der Waals surface area (Å²) in [4.78, 5) is 30.1. The molecule has 1 aliphatic heterocycles. The van der Waals surface area contributed by atoms with Crippen molar-refractivity contribution >= 4 is 32.5 Å². The molecule has 0 bridgehead atoms. The SMILES string of the molecule is CCn1cc(C(=O)N2CCN(c3ccccc3F)CC2)c(=O)c2cc(S(=O)(=O)N(C)C)ccc21. The van der Waals surface area contributed by atoms with Crippen molar-refractivity contribution in [2.75, 3.05) is 45.2 Å². The van der Waals surface area contributed by atoms with Crippen LogP contribution in [-0.2, 0) is 16.6 Å². The Morgan fingerprint density at radius 1 is 1.06 bits per heavy atom. The number of fused-ring (bicyclic) bond motifs is 1. The lowest BCUT2D eigenvalue weighted by atomic mass is 10.1. The Morgan fingerprint density at radius 3 is 2.35 bits per heavy atom. The average molecular weight is 487 g/mol. The summed E-state index contributed by atoms with van der Waals surface area (Å²) < 4.78 is 42.2. The van der Waals surface area contributed by atoms with Crippen LogP contribution in [0, 0.1) is 5.82 Å². The predicted molar refractivity (Wildman–Crippen MR) is 129 cm³/mol. The van der Waals surface area contributed by atoms with E-state index >= 15 is 0 Å². The second kappa shape index (κ2) is 9.19. The van der Waals surface area contributed by atoms with Crippen molar-refractivity contribution in [1.29, 1.82) is 0 Å². The number of piperazine rings is 1. The molecule has 2 aromatic carbocycles. The quantitative estimate of drug-likeness (QED) is 0.553. The van der Waals surface area contributed by atoms with Crippen molar-refractivity contribution in [1.82, 2.24) is 13.8 Å². The Bertz CT molecular complexity index is 1410. The Labute approximate surface area is 197 Å². The maximum absolute atomic E-state index is 14.1. The summed E-state index contributed by atoms with van der Waals surface area (Å²) >= 11 is 0.